The minimum absolute atomic E-state index is 1.07. The standard InChI is InChI=1S/C9H15N/c1-2-7-10-8-5-3-4-6-9-10/h2,5-9H2,1H3. The van der Waals surface area contributed by atoms with Gasteiger partial charge in [0.25, 0.3) is 0 Å². The van der Waals surface area contributed by atoms with E-state index in [0.29, 0.717) is 0 Å². The van der Waals surface area contributed by atoms with E-state index < -0.39 is 0 Å². The summed E-state index contributed by atoms with van der Waals surface area (Å²) in [4.78, 5) is 2.48. The highest BCUT2D eigenvalue weighted by Crippen LogP contribution is 1.98. The molecule has 0 unspecified atom stereocenters. The van der Waals surface area contributed by atoms with Crippen LogP contribution in [0.3, 0.4) is 0 Å². The first kappa shape index (κ1) is 7.63. The lowest BCUT2D eigenvalue weighted by Gasteiger charge is -2.17. The summed E-state index contributed by atoms with van der Waals surface area (Å²) < 4.78 is 0. The summed E-state index contributed by atoms with van der Waals surface area (Å²) >= 11 is 0. The van der Waals surface area contributed by atoms with Crippen molar-refractivity contribution in [1.82, 2.24) is 4.90 Å². The molecule has 0 aromatic heterocycles. The highest BCUT2D eigenvalue weighted by atomic mass is 15.1. The minimum Gasteiger partial charge on any atom is -0.301 e. The molecule has 0 atom stereocenters. The van der Waals surface area contributed by atoms with Crippen LogP contribution in [0.5, 0.6) is 0 Å². The number of rotatable bonds is 2. The van der Waals surface area contributed by atoms with E-state index in [1.165, 1.54) is 26.1 Å². The average molecular weight is 137 g/mol. The normalized spacial score (nSPS) is 19.3. The first-order valence-electron chi connectivity index (χ1n) is 4.11. The van der Waals surface area contributed by atoms with Crippen molar-refractivity contribution in [2.45, 2.75) is 26.2 Å². The lowest BCUT2D eigenvalue weighted by atomic mass is 10.3. The van der Waals surface area contributed by atoms with Crippen LogP contribution in [0.2, 0.25) is 0 Å². The summed E-state index contributed by atoms with van der Waals surface area (Å²) in [5, 5.41) is 0. The van der Waals surface area contributed by atoms with Gasteiger partial charge in [0, 0.05) is 25.9 Å². The molecule has 0 radical (unpaired) electrons. The van der Waals surface area contributed by atoms with Gasteiger partial charge in [0.15, 0.2) is 0 Å². The molecule has 0 spiro atoms. The molecule has 0 amide bonds. The molecule has 1 heterocycles. The maximum atomic E-state index is 3.14. The first-order chi connectivity index (χ1) is 4.93. The maximum Gasteiger partial charge on any atom is 0.0217 e. The molecule has 0 aromatic carbocycles. The Hall–Kier alpha value is -0.480. The third kappa shape index (κ3) is 2.41. The lowest BCUT2D eigenvalue weighted by Crippen LogP contribution is -2.25. The topological polar surface area (TPSA) is 3.24 Å². The van der Waals surface area contributed by atoms with Crippen LogP contribution in [0.15, 0.2) is 0 Å². The van der Waals surface area contributed by atoms with E-state index in [1.54, 1.807) is 0 Å². The predicted octanol–water partition coefficient (Wildman–Crippen LogP) is 1.50. The third-order valence-electron chi connectivity index (χ3n) is 1.77. The van der Waals surface area contributed by atoms with Gasteiger partial charge in [0.2, 0.25) is 0 Å². The third-order valence-corrected chi connectivity index (χ3v) is 1.77. The quantitative estimate of drug-likeness (QED) is 0.521. The Balaban J connectivity index is 2.22. The maximum absolute atomic E-state index is 3.14. The Morgan fingerprint density at radius 3 is 2.30 bits per heavy atom. The Morgan fingerprint density at radius 2 is 1.80 bits per heavy atom. The molecule has 1 aliphatic rings. The van der Waals surface area contributed by atoms with Crippen LogP contribution in [-0.2, 0) is 0 Å². The Bertz CT molecular complexity index is 129. The highest BCUT2D eigenvalue weighted by Gasteiger charge is 2.02. The van der Waals surface area contributed by atoms with Gasteiger partial charge < -0.3 is 4.90 Å². The molecule has 1 nitrogen and oxygen atoms in total. The van der Waals surface area contributed by atoms with Crippen molar-refractivity contribution in [1.29, 1.82) is 0 Å². The highest BCUT2D eigenvalue weighted by molar-refractivity contribution is 5.01. The Kier molecular flexibility index (Phi) is 3.32. The molecule has 1 heteroatoms. The molecule has 0 saturated carbocycles. The zero-order valence-corrected chi connectivity index (χ0v) is 6.69. The fraction of sp³-hybridized carbons (Fsp3) is 0.778. The second kappa shape index (κ2) is 4.35. The summed E-state index contributed by atoms with van der Waals surface area (Å²) in [5.41, 5.74) is 0. The lowest BCUT2D eigenvalue weighted by molar-refractivity contribution is 0.291. The molecule has 0 aliphatic carbocycles. The molecule has 0 aromatic rings. The van der Waals surface area contributed by atoms with Crippen molar-refractivity contribution >= 4 is 0 Å². The second-order valence-corrected chi connectivity index (χ2v) is 2.70. The van der Waals surface area contributed by atoms with Gasteiger partial charge in [-0.15, -0.1) is 11.8 Å². The van der Waals surface area contributed by atoms with Gasteiger partial charge in [-0.05, 0) is 13.0 Å². The molecule has 0 fully saturated rings. The van der Waals surface area contributed by atoms with E-state index in [9.17, 15) is 0 Å². The average Bonchev–Trinajstić information content (AvgIpc) is 2.17. The fourth-order valence-electron chi connectivity index (χ4n) is 1.26. The van der Waals surface area contributed by atoms with Gasteiger partial charge >= 0.3 is 0 Å². The molecule has 0 bridgehead atoms. The summed E-state index contributed by atoms with van der Waals surface area (Å²) in [5.74, 6) is 6.29. The summed E-state index contributed by atoms with van der Waals surface area (Å²) in [6.45, 7) is 5.83. The smallest absolute Gasteiger partial charge is 0.0217 e. The summed E-state index contributed by atoms with van der Waals surface area (Å²) in [6, 6.07) is 0. The summed E-state index contributed by atoms with van der Waals surface area (Å²) in [6.07, 6.45) is 3.40. The predicted molar refractivity (Wildman–Crippen MR) is 43.7 cm³/mol. The number of hydrogen-bond acceptors (Lipinski definition) is 1. The molecule has 0 N–H and O–H groups in total. The Labute approximate surface area is 63.4 Å². The van der Waals surface area contributed by atoms with Gasteiger partial charge in [-0.25, -0.2) is 0 Å². The van der Waals surface area contributed by atoms with Gasteiger partial charge in [0.05, 0.1) is 0 Å². The molecular formula is C9H15N. The van der Waals surface area contributed by atoms with Crippen LogP contribution < -0.4 is 0 Å². The van der Waals surface area contributed by atoms with Gasteiger partial charge in [-0.1, -0.05) is 6.92 Å². The van der Waals surface area contributed by atoms with Gasteiger partial charge in [-0.2, -0.15) is 0 Å². The SMILES string of the molecule is CCCN1CCC#CCC1. The molecule has 56 valence electrons. The van der Waals surface area contributed by atoms with Crippen molar-refractivity contribution < 1.29 is 0 Å². The van der Waals surface area contributed by atoms with Crippen molar-refractivity contribution in [3.05, 3.63) is 0 Å². The van der Waals surface area contributed by atoms with Crippen LogP contribution in [0.25, 0.3) is 0 Å². The number of hydrogen-bond donors (Lipinski definition) is 0. The Morgan fingerprint density at radius 1 is 1.20 bits per heavy atom. The van der Waals surface area contributed by atoms with E-state index in [2.05, 4.69) is 23.7 Å². The van der Waals surface area contributed by atoms with Gasteiger partial charge in [-0.3, -0.25) is 0 Å². The zero-order chi connectivity index (χ0) is 7.23. The van der Waals surface area contributed by atoms with E-state index in [1.807, 2.05) is 0 Å². The molecule has 10 heavy (non-hydrogen) atoms. The first-order valence-corrected chi connectivity index (χ1v) is 4.11. The molecular weight excluding hydrogens is 122 g/mol. The molecule has 1 aliphatic heterocycles. The van der Waals surface area contributed by atoms with Crippen molar-refractivity contribution in [2.75, 3.05) is 19.6 Å². The van der Waals surface area contributed by atoms with Gasteiger partial charge in [0.1, 0.15) is 0 Å². The molecule has 0 saturated heterocycles. The zero-order valence-electron chi connectivity index (χ0n) is 6.69. The van der Waals surface area contributed by atoms with Crippen molar-refractivity contribution in [3.63, 3.8) is 0 Å². The van der Waals surface area contributed by atoms with Crippen LogP contribution in [0, 0.1) is 11.8 Å². The van der Waals surface area contributed by atoms with E-state index in [-0.39, 0.29) is 0 Å². The largest absolute Gasteiger partial charge is 0.301 e. The molecule has 1 rings (SSSR count). The fourth-order valence-corrected chi connectivity index (χ4v) is 1.26. The van der Waals surface area contributed by atoms with Crippen LogP contribution in [-0.4, -0.2) is 24.5 Å². The van der Waals surface area contributed by atoms with Crippen LogP contribution in [0.4, 0.5) is 0 Å². The van der Waals surface area contributed by atoms with Crippen LogP contribution >= 0.6 is 0 Å². The van der Waals surface area contributed by atoms with Crippen molar-refractivity contribution in [2.24, 2.45) is 0 Å². The van der Waals surface area contributed by atoms with Crippen LogP contribution in [0.1, 0.15) is 26.2 Å². The van der Waals surface area contributed by atoms with E-state index >= 15 is 0 Å². The van der Waals surface area contributed by atoms with Crippen molar-refractivity contribution in [3.8, 4) is 11.8 Å². The number of nitrogens with zero attached hydrogens (tertiary/aromatic N) is 1. The minimum atomic E-state index is 1.07. The van der Waals surface area contributed by atoms with E-state index in [4.69, 9.17) is 0 Å². The van der Waals surface area contributed by atoms with E-state index in [0.717, 1.165) is 12.8 Å². The monoisotopic (exact) mass is 137 g/mol. The second-order valence-electron chi connectivity index (χ2n) is 2.70. The summed E-state index contributed by atoms with van der Waals surface area (Å²) in [7, 11) is 0.